The van der Waals surface area contributed by atoms with Gasteiger partial charge in [0, 0.05) is 37.8 Å². The number of nitrogens with one attached hydrogen (secondary N) is 1. The van der Waals surface area contributed by atoms with Gasteiger partial charge in [-0.25, -0.2) is 0 Å². The first-order chi connectivity index (χ1) is 16.7. The maximum atomic E-state index is 11.0. The molecule has 1 aliphatic heterocycles. The summed E-state index contributed by atoms with van der Waals surface area (Å²) in [5.41, 5.74) is 6.03. The van der Waals surface area contributed by atoms with E-state index in [9.17, 15) is 9.59 Å². The number of ether oxygens (including phenoxy) is 4. The molecule has 1 amide bonds. The molecule has 9 nitrogen and oxygen atoms in total. The summed E-state index contributed by atoms with van der Waals surface area (Å²) < 4.78 is 20.7. The Morgan fingerprint density at radius 1 is 0.912 bits per heavy atom. The van der Waals surface area contributed by atoms with Gasteiger partial charge in [-0.15, -0.1) is 0 Å². The zero-order chi connectivity index (χ0) is 26.9. The number of hydrogen-bond donors (Lipinski definition) is 2. The molecule has 0 radical (unpaired) electrons. The maximum absolute atomic E-state index is 11.0. The molecule has 0 aromatic carbocycles. The number of alkyl halides is 1. The molecule has 1 rings (SSSR count). The largest absolute Gasteiger partial charge is 0.379 e. The van der Waals surface area contributed by atoms with Crippen molar-refractivity contribution in [3.63, 3.8) is 0 Å². The van der Waals surface area contributed by atoms with Crippen LogP contribution >= 0.6 is 22.6 Å². The Hall–Kier alpha value is -0.890. The number of rotatable bonds is 17. The summed E-state index contributed by atoms with van der Waals surface area (Å²) in [6, 6.07) is 0. The Balaban J connectivity index is -0.000000227. The van der Waals surface area contributed by atoms with Crippen molar-refractivity contribution in [1.29, 1.82) is 0 Å². The van der Waals surface area contributed by atoms with Crippen LogP contribution in [-0.4, -0.2) is 102 Å². The Labute approximate surface area is 221 Å². The van der Waals surface area contributed by atoms with Gasteiger partial charge in [0.2, 0.25) is 0 Å². The standard InChI is InChI=1S/C11H23NO5.C8H12N2O.2C2H6.CH3I/c12-2-5-15-7-9-17-11-10-16-8-6-14-4-1-3-13;1-7-3-4-8(11)10(7)6-5-9-2;3*1-2/h3H,1-2,4-12H2;3-4,9H,1,5-6H2,2H3;2*1-2H3;1H3. The molecule has 0 aliphatic carbocycles. The molecule has 0 atom stereocenters. The van der Waals surface area contributed by atoms with Gasteiger partial charge >= 0.3 is 0 Å². The first kappa shape index (κ1) is 40.3. The highest BCUT2D eigenvalue weighted by Crippen LogP contribution is 2.11. The van der Waals surface area contributed by atoms with Crippen LogP contribution in [0.3, 0.4) is 0 Å². The van der Waals surface area contributed by atoms with E-state index in [4.69, 9.17) is 24.7 Å². The van der Waals surface area contributed by atoms with Gasteiger partial charge in [-0.2, -0.15) is 0 Å². The zero-order valence-corrected chi connectivity index (χ0v) is 24.4. The molecule has 0 unspecified atom stereocenters. The molecule has 0 bridgehead atoms. The highest BCUT2D eigenvalue weighted by Gasteiger charge is 2.16. The highest BCUT2D eigenvalue weighted by atomic mass is 127. The number of allylic oxidation sites excluding steroid dienone is 1. The molecule has 1 aliphatic rings. The van der Waals surface area contributed by atoms with Crippen LogP contribution in [0.2, 0.25) is 0 Å². The predicted octanol–water partition coefficient (Wildman–Crippen LogP) is 2.82. The van der Waals surface area contributed by atoms with E-state index in [1.54, 1.807) is 11.0 Å². The summed E-state index contributed by atoms with van der Waals surface area (Å²) in [5.74, 6) is 0.0326. The van der Waals surface area contributed by atoms with Gasteiger partial charge in [0.05, 0.1) is 52.9 Å². The van der Waals surface area contributed by atoms with Crippen molar-refractivity contribution in [3.8, 4) is 0 Å². The molecule has 0 saturated carbocycles. The molecule has 3 N–H and O–H groups in total. The fourth-order valence-electron chi connectivity index (χ4n) is 1.94. The van der Waals surface area contributed by atoms with Crippen molar-refractivity contribution >= 4 is 34.8 Å². The van der Waals surface area contributed by atoms with Crippen LogP contribution in [0.25, 0.3) is 0 Å². The van der Waals surface area contributed by atoms with Gasteiger partial charge in [-0.1, -0.05) is 56.9 Å². The number of likely N-dealkylation sites (N-methyl/N-ethyl adjacent to an activating group) is 1. The number of carbonyl (C=O) groups is 2. The third-order valence-corrected chi connectivity index (χ3v) is 3.37. The van der Waals surface area contributed by atoms with Crippen LogP contribution in [-0.2, 0) is 28.5 Å². The number of aldehydes is 1. The zero-order valence-electron chi connectivity index (χ0n) is 22.3. The highest BCUT2D eigenvalue weighted by molar-refractivity contribution is 14.1. The molecule has 34 heavy (non-hydrogen) atoms. The number of carbonyl (C=O) groups excluding carboxylic acids is 2. The number of hydrogen-bond acceptors (Lipinski definition) is 8. The SMILES string of the molecule is C=C1C=CC(=O)N1CCNC.CC.CC.CI.NCCOCCOCCOCCOCCC=O. The van der Waals surface area contributed by atoms with Gasteiger partial charge in [0.15, 0.2) is 0 Å². The average molecular weight is 604 g/mol. The van der Waals surface area contributed by atoms with E-state index >= 15 is 0 Å². The van der Waals surface area contributed by atoms with Crippen LogP contribution in [0.5, 0.6) is 0 Å². The number of nitrogens with zero attached hydrogens (tertiary/aromatic N) is 1. The second kappa shape index (κ2) is 39.3. The molecule has 0 aromatic heterocycles. The van der Waals surface area contributed by atoms with Crippen LogP contribution in [0.4, 0.5) is 0 Å². The maximum Gasteiger partial charge on any atom is 0.251 e. The predicted molar refractivity (Wildman–Crippen MR) is 150 cm³/mol. The Morgan fingerprint density at radius 2 is 1.35 bits per heavy atom. The first-order valence-corrected chi connectivity index (χ1v) is 14.0. The molecule has 204 valence electrons. The van der Waals surface area contributed by atoms with Gasteiger partial charge in [-0.3, -0.25) is 4.79 Å². The second-order valence-electron chi connectivity index (χ2n) is 5.61. The van der Waals surface area contributed by atoms with Crippen molar-refractivity contribution in [1.82, 2.24) is 10.2 Å². The molecular formula is C24H50IN3O6. The topological polar surface area (TPSA) is 112 Å². The minimum atomic E-state index is 0.0326. The molecule has 0 fully saturated rings. The Morgan fingerprint density at radius 3 is 1.71 bits per heavy atom. The van der Waals surface area contributed by atoms with Crippen molar-refractivity contribution in [2.75, 3.05) is 84.5 Å². The summed E-state index contributed by atoms with van der Waals surface area (Å²) in [5, 5.41) is 2.97. The van der Waals surface area contributed by atoms with E-state index in [1.807, 2.05) is 39.7 Å². The molecule has 0 spiro atoms. The number of nitrogens with two attached hydrogens (primary N) is 1. The summed E-state index contributed by atoms with van der Waals surface area (Å²) in [6.07, 6.45) is 4.54. The molecular weight excluding hydrogens is 553 g/mol. The Bertz CT molecular complexity index is 436. The van der Waals surface area contributed by atoms with Gasteiger partial charge in [-0.05, 0) is 18.1 Å². The van der Waals surface area contributed by atoms with E-state index in [0.717, 1.165) is 18.5 Å². The summed E-state index contributed by atoms with van der Waals surface area (Å²) in [4.78, 5) is 24.6. The van der Waals surface area contributed by atoms with E-state index in [0.29, 0.717) is 72.4 Å². The Kier molecular flexibility index (Phi) is 46.6. The van der Waals surface area contributed by atoms with E-state index < -0.39 is 0 Å². The lowest BCUT2D eigenvalue weighted by Gasteiger charge is -2.16. The van der Waals surface area contributed by atoms with Gasteiger partial charge in [0.1, 0.15) is 6.29 Å². The summed E-state index contributed by atoms with van der Waals surface area (Å²) in [7, 11) is 1.86. The lowest BCUT2D eigenvalue weighted by molar-refractivity contribution is -0.123. The van der Waals surface area contributed by atoms with Crippen LogP contribution in [0.15, 0.2) is 24.4 Å². The minimum absolute atomic E-state index is 0.0326. The van der Waals surface area contributed by atoms with Gasteiger partial charge < -0.3 is 39.7 Å². The lowest BCUT2D eigenvalue weighted by Crippen LogP contribution is -2.30. The molecule has 1 heterocycles. The summed E-state index contributed by atoms with van der Waals surface area (Å²) >= 11 is 2.15. The monoisotopic (exact) mass is 603 g/mol. The van der Waals surface area contributed by atoms with E-state index in [-0.39, 0.29) is 5.91 Å². The molecule has 10 heteroatoms. The normalized spacial score (nSPS) is 11.2. The summed E-state index contributed by atoms with van der Waals surface area (Å²) in [6.45, 7) is 18.0. The third kappa shape index (κ3) is 31.1. The molecule has 0 aromatic rings. The van der Waals surface area contributed by atoms with Crippen LogP contribution < -0.4 is 11.1 Å². The number of amides is 1. The smallest absolute Gasteiger partial charge is 0.251 e. The van der Waals surface area contributed by atoms with E-state index in [1.165, 1.54) is 6.08 Å². The average Bonchev–Trinajstić information content (AvgIpc) is 3.21. The van der Waals surface area contributed by atoms with Crippen molar-refractivity contribution < 1.29 is 28.5 Å². The number of halogens is 1. The van der Waals surface area contributed by atoms with Crippen molar-refractivity contribution in [3.05, 3.63) is 24.4 Å². The van der Waals surface area contributed by atoms with Crippen molar-refractivity contribution in [2.24, 2.45) is 5.73 Å². The van der Waals surface area contributed by atoms with Gasteiger partial charge in [0.25, 0.3) is 5.91 Å². The van der Waals surface area contributed by atoms with Crippen molar-refractivity contribution in [2.45, 2.75) is 34.1 Å². The third-order valence-electron chi connectivity index (χ3n) is 3.37. The minimum Gasteiger partial charge on any atom is -0.379 e. The van der Waals surface area contributed by atoms with E-state index in [2.05, 4.69) is 34.5 Å². The fourth-order valence-corrected chi connectivity index (χ4v) is 1.94. The van der Waals surface area contributed by atoms with Crippen LogP contribution in [0, 0.1) is 0 Å². The second-order valence-corrected chi connectivity index (χ2v) is 5.61. The lowest BCUT2D eigenvalue weighted by atomic mass is 10.4. The fraction of sp³-hybridized carbons (Fsp3) is 0.750. The first-order valence-electron chi connectivity index (χ1n) is 11.8. The molecule has 0 saturated heterocycles. The van der Waals surface area contributed by atoms with Crippen LogP contribution in [0.1, 0.15) is 34.1 Å². The quantitative estimate of drug-likeness (QED) is 0.113.